The van der Waals surface area contributed by atoms with Crippen LogP contribution in [0.15, 0.2) is 60.7 Å². The first-order valence-corrected chi connectivity index (χ1v) is 13.0. The second-order valence-corrected chi connectivity index (χ2v) is 9.39. The van der Waals surface area contributed by atoms with Crippen LogP contribution in [0.25, 0.3) is 27.7 Å². The van der Waals surface area contributed by atoms with Crippen molar-refractivity contribution < 1.29 is 23.8 Å². The maximum atomic E-state index is 14.0. The average molecular weight is 532 g/mol. The normalized spacial score (nSPS) is 14.5. The number of aromatic carboxylic acids is 1. The van der Waals surface area contributed by atoms with E-state index in [1.165, 1.54) is 18.3 Å². The van der Waals surface area contributed by atoms with Crippen molar-refractivity contribution in [3.8, 4) is 16.8 Å². The lowest BCUT2D eigenvalue weighted by atomic mass is 9.75. The Kier molecular flexibility index (Phi) is 8.47. The van der Waals surface area contributed by atoms with E-state index >= 15 is 0 Å². The highest BCUT2D eigenvalue weighted by molar-refractivity contribution is 6.05. The van der Waals surface area contributed by atoms with E-state index in [0.29, 0.717) is 43.9 Å². The van der Waals surface area contributed by atoms with E-state index < -0.39 is 11.4 Å². The Morgan fingerprint density at radius 3 is 2.33 bits per heavy atom. The van der Waals surface area contributed by atoms with E-state index in [4.69, 9.17) is 20.6 Å². The summed E-state index contributed by atoms with van der Waals surface area (Å²) in [7, 11) is 1.68. The molecule has 1 saturated heterocycles. The van der Waals surface area contributed by atoms with Gasteiger partial charge in [-0.05, 0) is 66.9 Å². The molecule has 8 heteroatoms. The maximum Gasteiger partial charge on any atom is 0.335 e. The number of hydrogen-bond donors (Lipinski definition) is 3. The largest absolute Gasteiger partial charge is 0.478 e. The number of nitrogens with two attached hydrogens (primary N) is 1. The van der Waals surface area contributed by atoms with Gasteiger partial charge in [0.05, 0.1) is 17.7 Å². The zero-order valence-corrected chi connectivity index (χ0v) is 22.5. The smallest absolute Gasteiger partial charge is 0.335 e. The summed E-state index contributed by atoms with van der Waals surface area (Å²) < 4.78 is 27.6. The van der Waals surface area contributed by atoms with E-state index in [1.807, 2.05) is 26.0 Å². The molecular weight excluding hydrogens is 497 g/mol. The van der Waals surface area contributed by atoms with Gasteiger partial charge in [0, 0.05) is 65.5 Å². The summed E-state index contributed by atoms with van der Waals surface area (Å²) in [6, 6.07) is 16.8. The SMILES string of the molecule is CC.COCC1(c2c(-c3ccc(C(=O)O)cc3)c3cc(N)c(C=N)cc3n2-c2ccc(F)cc2)CCOCC1. The minimum Gasteiger partial charge on any atom is -0.478 e. The lowest BCUT2D eigenvalue weighted by molar-refractivity contribution is 0.0116. The molecular formula is C31H34FN3O4. The molecule has 0 saturated carbocycles. The molecule has 0 aliphatic carbocycles. The van der Waals surface area contributed by atoms with Crippen molar-refractivity contribution in [3.05, 3.63) is 83.3 Å². The lowest BCUT2D eigenvalue weighted by Crippen LogP contribution is -2.40. The minimum atomic E-state index is -0.999. The van der Waals surface area contributed by atoms with Crippen LogP contribution in [0.1, 0.15) is 48.3 Å². The number of carboxylic acids is 1. The van der Waals surface area contributed by atoms with Crippen LogP contribution >= 0.6 is 0 Å². The van der Waals surface area contributed by atoms with E-state index in [2.05, 4.69) is 4.57 Å². The highest BCUT2D eigenvalue weighted by Crippen LogP contribution is 2.47. The highest BCUT2D eigenvalue weighted by atomic mass is 19.1. The number of halogens is 1. The van der Waals surface area contributed by atoms with Crippen molar-refractivity contribution in [3.63, 3.8) is 0 Å². The third-order valence-corrected chi connectivity index (χ3v) is 7.21. The molecule has 0 atom stereocenters. The zero-order valence-electron chi connectivity index (χ0n) is 22.5. The van der Waals surface area contributed by atoms with E-state index in [-0.39, 0.29) is 11.4 Å². The van der Waals surface area contributed by atoms with Gasteiger partial charge in [0.1, 0.15) is 5.82 Å². The molecule has 1 aliphatic rings. The average Bonchev–Trinajstić information content (AvgIpc) is 3.29. The molecule has 0 radical (unpaired) electrons. The summed E-state index contributed by atoms with van der Waals surface area (Å²) in [6.45, 7) is 5.54. The number of fused-ring (bicyclic) bond motifs is 1. The first-order valence-electron chi connectivity index (χ1n) is 13.0. The quantitative estimate of drug-likeness (QED) is 0.188. The molecule has 3 aromatic carbocycles. The number of nitrogens with zero attached hydrogens (tertiary/aromatic N) is 1. The Hall–Kier alpha value is -4.01. The fraction of sp³-hybridized carbons (Fsp3) is 0.290. The monoisotopic (exact) mass is 531 g/mol. The van der Waals surface area contributed by atoms with Crippen molar-refractivity contribution >= 4 is 28.8 Å². The van der Waals surface area contributed by atoms with Crippen LogP contribution < -0.4 is 5.73 Å². The van der Waals surface area contributed by atoms with Gasteiger partial charge in [-0.25, -0.2) is 9.18 Å². The van der Waals surface area contributed by atoms with Gasteiger partial charge in [-0.2, -0.15) is 0 Å². The van der Waals surface area contributed by atoms with Crippen LogP contribution in [0.2, 0.25) is 0 Å². The van der Waals surface area contributed by atoms with Gasteiger partial charge in [-0.1, -0.05) is 26.0 Å². The van der Waals surface area contributed by atoms with E-state index in [0.717, 1.165) is 33.4 Å². The van der Waals surface area contributed by atoms with Gasteiger partial charge in [-0.3, -0.25) is 0 Å². The van der Waals surface area contributed by atoms with Gasteiger partial charge in [0.15, 0.2) is 0 Å². The maximum absolute atomic E-state index is 14.0. The summed E-state index contributed by atoms with van der Waals surface area (Å²) >= 11 is 0. The zero-order chi connectivity index (χ0) is 28.2. The van der Waals surface area contributed by atoms with Crippen molar-refractivity contribution in [2.45, 2.75) is 32.1 Å². The molecule has 4 aromatic rings. The molecule has 7 nitrogen and oxygen atoms in total. The number of anilines is 1. The Balaban J connectivity index is 0.00000172. The van der Waals surface area contributed by atoms with Crippen LogP contribution in [0, 0.1) is 11.2 Å². The molecule has 5 rings (SSSR count). The molecule has 39 heavy (non-hydrogen) atoms. The number of methoxy groups -OCH3 is 1. The molecule has 1 aliphatic heterocycles. The van der Waals surface area contributed by atoms with Crippen LogP contribution in [0.4, 0.5) is 10.1 Å². The Bertz CT molecular complexity index is 1470. The van der Waals surface area contributed by atoms with Gasteiger partial charge in [-0.15, -0.1) is 0 Å². The number of hydrogen-bond acceptors (Lipinski definition) is 5. The van der Waals surface area contributed by atoms with Crippen LogP contribution in [-0.2, 0) is 14.9 Å². The number of carbonyl (C=O) groups is 1. The van der Waals surface area contributed by atoms with Gasteiger partial charge >= 0.3 is 5.97 Å². The lowest BCUT2D eigenvalue weighted by Gasteiger charge is -2.38. The molecule has 1 fully saturated rings. The number of benzene rings is 3. The Morgan fingerprint density at radius 1 is 1.13 bits per heavy atom. The third-order valence-electron chi connectivity index (χ3n) is 7.21. The standard InChI is InChI=1S/C29H28FN3O4.C2H6/c1-36-17-29(10-12-37-13-11-29)27-26(18-2-4-19(5-3-18)28(34)35)23-15-24(32)20(16-31)14-25(23)33(27)22-8-6-21(30)7-9-22;1-2/h2-9,14-16,31H,10-13,17,32H2,1H3,(H,34,35);1-2H3. The van der Waals surface area contributed by atoms with Gasteiger partial charge in [0.25, 0.3) is 0 Å². The number of nitrogen functional groups attached to an aromatic ring is 1. The topological polar surface area (TPSA) is 111 Å². The van der Waals surface area contributed by atoms with E-state index in [9.17, 15) is 14.3 Å². The third kappa shape index (κ3) is 5.17. The summed E-state index contributed by atoms with van der Waals surface area (Å²) in [6.07, 6.45) is 2.62. The van der Waals surface area contributed by atoms with Crippen LogP contribution in [-0.4, -0.2) is 48.8 Å². The first-order chi connectivity index (χ1) is 18.9. The fourth-order valence-corrected chi connectivity index (χ4v) is 5.41. The summed E-state index contributed by atoms with van der Waals surface area (Å²) in [4.78, 5) is 11.5. The summed E-state index contributed by atoms with van der Waals surface area (Å²) in [5.41, 5.74) is 11.4. The van der Waals surface area contributed by atoms with Gasteiger partial charge < -0.3 is 30.3 Å². The second-order valence-electron chi connectivity index (χ2n) is 9.39. The van der Waals surface area contributed by atoms with Gasteiger partial charge in [0.2, 0.25) is 0 Å². The first kappa shape index (κ1) is 28.0. The molecule has 0 bridgehead atoms. The number of rotatable bonds is 7. The van der Waals surface area contributed by atoms with Crippen molar-refractivity contribution in [1.29, 1.82) is 5.41 Å². The summed E-state index contributed by atoms with van der Waals surface area (Å²) in [5.74, 6) is -1.34. The molecule has 4 N–H and O–H groups in total. The summed E-state index contributed by atoms with van der Waals surface area (Å²) in [5, 5.41) is 18.2. The van der Waals surface area contributed by atoms with Crippen LogP contribution in [0.3, 0.4) is 0 Å². The molecule has 1 aromatic heterocycles. The molecule has 0 spiro atoms. The van der Waals surface area contributed by atoms with Crippen molar-refractivity contribution in [2.24, 2.45) is 0 Å². The number of aromatic nitrogens is 1. The van der Waals surface area contributed by atoms with Crippen molar-refractivity contribution in [1.82, 2.24) is 4.57 Å². The number of nitrogens with one attached hydrogen (secondary N) is 1. The van der Waals surface area contributed by atoms with E-state index in [1.54, 1.807) is 43.5 Å². The molecule has 0 unspecified atom stereocenters. The number of ether oxygens (including phenoxy) is 2. The fourth-order valence-electron chi connectivity index (χ4n) is 5.41. The molecule has 204 valence electrons. The Morgan fingerprint density at radius 2 is 1.77 bits per heavy atom. The predicted octanol–water partition coefficient (Wildman–Crippen LogP) is 6.44. The van der Waals surface area contributed by atoms with Crippen LogP contribution in [0.5, 0.6) is 0 Å². The number of carboxylic acid groups (broad SMARTS) is 1. The minimum absolute atomic E-state index is 0.191. The Labute approximate surface area is 227 Å². The predicted molar refractivity (Wildman–Crippen MR) is 153 cm³/mol. The molecule has 2 heterocycles. The highest BCUT2D eigenvalue weighted by Gasteiger charge is 2.41. The van der Waals surface area contributed by atoms with Crippen molar-refractivity contribution in [2.75, 3.05) is 32.7 Å². The second kappa shape index (κ2) is 11.8. The molecule has 0 amide bonds.